The molecular weight excluding hydrogens is 248 g/mol. The molecule has 0 radical (unpaired) electrons. The number of hydrogen-bond donors (Lipinski definition) is 1. The van der Waals surface area contributed by atoms with Gasteiger partial charge >= 0.3 is 0 Å². The molecule has 3 rings (SSSR count). The van der Waals surface area contributed by atoms with Crippen LogP contribution in [0, 0.1) is 0 Å². The Bertz CT molecular complexity index is 576. The number of fused-ring (bicyclic) bond motifs is 1. The third-order valence-corrected chi connectivity index (χ3v) is 4.14. The molecule has 3 heteroatoms. The maximum atomic E-state index is 6.08. The fourth-order valence-electron chi connectivity index (χ4n) is 2.84. The zero-order chi connectivity index (χ0) is 13.9. The van der Waals surface area contributed by atoms with Crippen LogP contribution in [-0.2, 0) is 13.0 Å². The summed E-state index contributed by atoms with van der Waals surface area (Å²) in [6.07, 6.45) is 4.11. The summed E-state index contributed by atoms with van der Waals surface area (Å²) in [4.78, 5) is 0. The van der Waals surface area contributed by atoms with Gasteiger partial charge in [0.25, 0.3) is 0 Å². The molecule has 2 heterocycles. The molecule has 3 nitrogen and oxygen atoms in total. The van der Waals surface area contributed by atoms with Crippen LogP contribution < -0.4 is 10.5 Å². The van der Waals surface area contributed by atoms with Gasteiger partial charge in [0, 0.05) is 42.4 Å². The zero-order valence-corrected chi connectivity index (χ0v) is 12.0. The molecule has 1 aromatic heterocycles. The van der Waals surface area contributed by atoms with E-state index in [0.717, 1.165) is 31.7 Å². The number of rotatable bonds is 5. The minimum atomic E-state index is 0.246. The second kappa shape index (κ2) is 5.71. The number of nitrogens with zero attached hydrogens (tertiary/aromatic N) is 1. The number of nitrogens with two attached hydrogens (primary N) is 1. The number of hydrogen-bond acceptors (Lipinski definition) is 2. The van der Waals surface area contributed by atoms with Crippen molar-refractivity contribution in [3.05, 3.63) is 53.9 Å². The first-order valence-electron chi connectivity index (χ1n) is 7.39. The van der Waals surface area contributed by atoms with Crippen molar-refractivity contribution in [3.63, 3.8) is 0 Å². The molecule has 2 aromatic rings. The summed E-state index contributed by atoms with van der Waals surface area (Å²) >= 11 is 0. The predicted octanol–water partition coefficient (Wildman–Crippen LogP) is 2.94. The molecule has 2 unspecified atom stereocenters. The summed E-state index contributed by atoms with van der Waals surface area (Å²) in [5, 5.41) is 0. The van der Waals surface area contributed by atoms with Crippen LogP contribution in [0.4, 0.5) is 0 Å². The topological polar surface area (TPSA) is 40.2 Å². The maximum absolute atomic E-state index is 6.08. The average molecular weight is 270 g/mol. The Hall–Kier alpha value is -1.74. The Morgan fingerprint density at radius 2 is 2.15 bits per heavy atom. The van der Waals surface area contributed by atoms with Gasteiger partial charge in [-0.25, -0.2) is 0 Å². The molecule has 0 aliphatic carbocycles. The summed E-state index contributed by atoms with van der Waals surface area (Å²) in [5.41, 5.74) is 8.73. The largest absolute Gasteiger partial charge is 0.493 e. The van der Waals surface area contributed by atoms with Crippen LogP contribution in [0.5, 0.6) is 5.75 Å². The molecule has 0 spiro atoms. The van der Waals surface area contributed by atoms with Gasteiger partial charge in [0.1, 0.15) is 5.75 Å². The standard InChI is InChI=1S/C17H22N2O/c1-2-14(18)10-15-6-5-9-19(15)11-13-12-20-17-8-4-3-7-16(13)17/h3-9,13-14H,2,10-12,18H2,1H3. The number of para-hydroxylation sites is 1. The van der Waals surface area contributed by atoms with Gasteiger partial charge < -0.3 is 15.0 Å². The van der Waals surface area contributed by atoms with Crippen molar-refractivity contribution in [1.82, 2.24) is 4.57 Å². The second-order valence-electron chi connectivity index (χ2n) is 5.57. The third kappa shape index (κ3) is 2.59. The van der Waals surface area contributed by atoms with Gasteiger partial charge in [0.15, 0.2) is 0 Å². The fourth-order valence-corrected chi connectivity index (χ4v) is 2.84. The molecule has 2 atom stereocenters. The molecule has 20 heavy (non-hydrogen) atoms. The van der Waals surface area contributed by atoms with E-state index in [1.807, 2.05) is 6.07 Å². The summed E-state index contributed by atoms with van der Waals surface area (Å²) in [5.74, 6) is 1.48. The Morgan fingerprint density at radius 3 is 3.00 bits per heavy atom. The van der Waals surface area contributed by atoms with E-state index in [-0.39, 0.29) is 6.04 Å². The SMILES string of the molecule is CCC(N)Cc1cccn1CC1COc2ccccc21. The molecule has 1 aliphatic heterocycles. The van der Waals surface area contributed by atoms with Crippen LogP contribution >= 0.6 is 0 Å². The fraction of sp³-hybridized carbons (Fsp3) is 0.412. The summed E-state index contributed by atoms with van der Waals surface area (Å²) in [7, 11) is 0. The van der Waals surface area contributed by atoms with Gasteiger partial charge in [-0.15, -0.1) is 0 Å². The monoisotopic (exact) mass is 270 g/mol. The third-order valence-electron chi connectivity index (χ3n) is 4.14. The lowest BCUT2D eigenvalue weighted by Crippen LogP contribution is -2.23. The highest BCUT2D eigenvalue weighted by atomic mass is 16.5. The maximum Gasteiger partial charge on any atom is 0.122 e. The lowest BCUT2D eigenvalue weighted by atomic mass is 10.0. The molecule has 0 amide bonds. The second-order valence-corrected chi connectivity index (χ2v) is 5.57. The molecule has 2 N–H and O–H groups in total. The number of ether oxygens (including phenoxy) is 1. The first-order chi connectivity index (χ1) is 9.78. The first kappa shape index (κ1) is 13.3. The van der Waals surface area contributed by atoms with Crippen LogP contribution in [0.3, 0.4) is 0 Å². The molecule has 1 aromatic carbocycles. The van der Waals surface area contributed by atoms with Gasteiger partial charge in [0.2, 0.25) is 0 Å². The lowest BCUT2D eigenvalue weighted by Gasteiger charge is -2.16. The Balaban J connectivity index is 1.75. The van der Waals surface area contributed by atoms with E-state index in [1.54, 1.807) is 0 Å². The van der Waals surface area contributed by atoms with Crippen molar-refractivity contribution < 1.29 is 4.74 Å². The molecule has 0 bridgehead atoms. The van der Waals surface area contributed by atoms with Gasteiger partial charge in [0.05, 0.1) is 6.61 Å². The van der Waals surface area contributed by atoms with Crippen LogP contribution in [-0.4, -0.2) is 17.2 Å². The number of benzene rings is 1. The van der Waals surface area contributed by atoms with Crippen molar-refractivity contribution in [1.29, 1.82) is 0 Å². The van der Waals surface area contributed by atoms with E-state index < -0.39 is 0 Å². The molecule has 0 fully saturated rings. The highest BCUT2D eigenvalue weighted by Gasteiger charge is 2.24. The molecule has 106 valence electrons. The first-order valence-corrected chi connectivity index (χ1v) is 7.39. The Labute approximate surface area is 120 Å². The molecule has 0 saturated carbocycles. The zero-order valence-electron chi connectivity index (χ0n) is 12.0. The molecule has 0 saturated heterocycles. The van der Waals surface area contributed by atoms with Gasteiger partial charge in [-0.2, -0.15) is 0 Å². The summed E-state index contributed by atoms with van der Waals surface area (Å²) in [6, 6.07) is 12.9. The number of aromatic nitrogens is 1. The van der Waals surface area contributed by atoms with Crippen molar-refractivity contribution in [2.45, 2.75) is 38.3 Å². The van der Waals surface area contributed by atoms with Crippen LogP contribution in [0.1, 0.15) is 30.5 Å². The predicted molar refractivity (Wildman–Crippen MR) is 81.1 cm³/mol. The van der Waals surface area contributed by atoms with Crippen LogP contribution in [0.15, 0.2) is 42.6 Å². The van der Waals surface area contributed by atoms with Crippen molar-refractivity contribution in [2.75, 3.05) is 6.61 Å². The van der Waals surface area contributed by atoms with E-state index in [9.17, 15) is 0 Å². The van der Waals surface area contributed by atoms with Crippen molar-refractivity contribution in [3.8, 4) is 5.75 Å². The van der Waals surface area contributed by atoms with E-state index in [2.05, 4.69) is 48.0 Å². The van der Waals surface area contributed by atoms with Crippen molar-refractivity contribution in [2.24, 2.45) is 5.73 Å². The van der Waals surface area contributed by atoms with Crippen LogP contribution in [0.25, 0.3) is 0 Å². The van der Waals surface area contributed by atoms with Crippen molar-refractivity contribution >= 4 is 0 Å². The van der Waals surface area contributed by atoms with Gasteiger partial charge in [-0.3, -0.25) is 0 Å². The van der Waals surface area contributed by atoms with Gasteiger partial charge in [-0.05, 0) is 24.6 Å². The highest BCUT2D eigenvalue weighted by molar-refractivity contribution is 5.39. The Morgan fingerprint density at radius 1 is 1.30 bits per heavy atom. The smallest absolute Gasteiger partial charge is 0.122 e. The minimum absolute atomic E-state index is 0.246. The highest BCUT2D eigenvalue weighted by Crippen LogP contribution is 2.34. The average Bonchev–Trinajstić information content (AvgIpc) is 3.07. The van der Waals surface area contributed by atoms with Crippen LogP contribution in [0.2, 0.25) is 0 Å². The van der Waals surface area contributed by atoms with E-state index >= 15 is 0 Å². The van der Waals surface area contributed by atoms with E-state index in [4.69, 9.17) is 10.5 Å². The molecular formula is C17H22N2O. The lowest BCUT2D eigenvalue weighted by molar-refractivity contribution is 0.318. The summed E-state index contributed by atoms with van der Waals surface area (Å²) in [6.45, 7) is 3.88. The quantitative estimate of drug-likeness (QED) is 0.907. The van der Waals surface area contributed by atoms with E-state index in [0.29, 0.717) is 5.92 Å². The van der Waals surface area contributed by atoms with Gasteiger partial charge in [-0.1, -0.05) is 25.1 Å². The molecule has 1 aliphatic rings. The Kier molecular flexibility index (Phi) is 3.79. The summed E-state index contributed by atoms with van der Waals surface area (Å²) < 4.78 is 8.09. The minimum Gasteiger partial charge on any atom is -0.493 e. The van der Waals surface area contributed by atoms with E-state index in [1.165, 1.54) is 11.3 Å². The normalized spacial score (nSPS) is 18.6.